The molecule has 0 spiro atoms. The highest BCUT2D eigenvalue weighted by Gasteiger charge is 2.27. The standard InChI is InChI=1S/C12H19N3O2/c1-9(15-5-4-10(13)8-15)12(16)14-7-11-3-2-6-17-11/h2-3,6,9-10H,4-5,7-8,13H2,1H3,(H,14,16)/t9?,10-/m1/s1. The van der Waals surface area contributed by atoms with Crippen molar-refractivity contribution in [2.75, 3.05) is 13.1 Å². The smallest absolute Gasteiger partial charge is 0.237 e. The van der Waals surface area contributed by atoms with E-state index in [0.29, 0.717) is 6.54 Å². The molecule has 2 atom stereocenters. The van der Waals surface area contributed by atoms with Gasteiger partial charge in [-0.3, -0.25) is 9.69 Å². The average Bonchev–Trinajstić information content (AvgIpc) is 2.95. The maximum Gasteiger partial charge on any atom is 0.237 e. The lowest BCUT2D eigenvalue weighted by atomic mass is 10.2. The third-order valence-electron chi connectivity index (χ3n) is 3.20. The maximum absolute atomic E-state index is 11.9. The average molecular weight is 237 g/mol. The van der Waals surface area contributed by atoms with Gasteiger partial charge in [-0.2, -0.15) is 0 Å². The highest BCUT2D eigenvalue weighted by Crippen LogP contribution is 2.11. The summed E-state index contributed by atoms with van der Waals surface area (Å²) in [5, 5.41) is 2.86. The molecule has 1 aliphatic heterocycles. The normalized spacial score (nSPS) is 22.6. The largest absolute Gasteiger partial charge is 0.467 e. The molecular formula is C12H19N3O2. The number of nitrogens with two attached hydrogens (primary N) is 1. The second-order valence-electron chi connectivity index (χ2n) is 4.52. The number of amides is 1. The minimum Gasteiger partial charge on any atom is -0.467 e. The summed E-state index contributed by atoms with van der Waals surface area (Å²) in [6, 6.07) is 3.73. The lowest BCUT2D eigenvalue weighted by Gasteiger charge is -2.22. The van der Waals surface area contributed by atoms with Crippen molar-refractivity contribution in [2.45, 2.75) is 32.0 Å². The fourth-order valence-corrected chi connectivity index (χ4v) is 2.07. The summed E-state index contributed by atoms with van der Waals surface area (Å²) in [4.78, 5) is 14.0. The number of nitrogens with zero attached hydrogens (tertiary/aromatic N) is 1. The van der Waals surface area contributed by atoms with Crippen LogP contribution in [0.5, 0.6) is 0 Å². The molecule has 1 saturated heterocycles. The number of likely N-dealkylation sites (tertiary alicyclic amines) is 1. The summed E-state index contributed by atoms with van der Waals surface area (Å²) >= 11 is 0. The number of nitrogens with one attached hydrogen (secondary N) is 1. The summed E-state index contributed by atoms with van der Waals surface area (Å²) in [5.41, 5.74) is 5.83. The Hall–Kier alpha value is -1.33. The van der Waals surface area contributed by atoms with Crippen molar-refractivity contribution in [2.24, 2.45) is 5.73 Å². The van der Waals surface area contributed by atoms with Crippen LogP contribution in [0.3, 0.4) is 0 Å². The minimum absolute atomic E-state index is 0.0236. The second kappa shape index (κ2) is 5.33. The Labute approximate surface area is 101 Å². The molecule has 94 valence electrons. The van der Waals surface area contributed by atoms with Gasteiger partial charge >= 0.3 is 0 Å². The van der Waals surface area contributed by atoms with Gasteiger partial charge < -0.3 is 15.5 Å². The number of carbonyl (C=O) groups excluding carboxylic acids is 1. The van der Waals surface area contributed by atoms with Crippen LogP contribution in [0.25, 0.3) is 0 Å². The van der Waals surface area contributed by atoms with Crippen LogP contribution in [0.4, 0.5) is 0 Å². The highest BCUT2D eigenvalue weighted by atomic mass is 16.3. The number of carbonyl (C=O) groups is 1. The molecule has 2 rings (SSSR count). The molecule has 0 aromatic carbocycles. The van der Waals surface area contributed by atoms with E-state index in [9.17, 15) is 4.79 Å². The first kappa shape index (κ1) is 12.1. The molecule has 0 aliphatic carbocycles. The quantitative estimate of drug-likeness (QED) is 0.791. The van der Waals surface area contributed by atoms with Crippen LogP contribution in [-0.2, 0) is 11.3 Å². The van der Waals surface area contributed by atoms with Crippen molar-refractivity contribution < 1.29 is 9.21 Å². The van der Waals surface area contributed by atoms with Crippen LogP contribution in [0.15, 0.2) is 22.8 Å². The third kappa shape index (κ3) is 3.08. The topological polar surface area (TPSA) is 71.5 Å². The van der Waals surface area contributed by atoms with Crippen LogP contribution in [0, 0.1) is 0 Å². The van der Waals surface area contributed by atoms with Gasteiger partial charge in [-0.25, -0.2) is 0 Å². The monoisotopic (exact) mass is 237 g/mol. The second-order valence-corrected chi connectivity index (χ2v) is 4.52. The van der Waals surface area contributed by atoms with Crippen molar-refractivity contribution in [1.82, 2.24) is 10.2 Å². The molecule has 1 aliphatic rings. The van der Waals surface area contributed by atoms with Gasteiger partial charge in [0, 0.05) is 19.1 Å². The molecule has 1 aromatic heterocycles. The van der Waals surface area contributed by atoms with Gasteiger partial charge in [0.25, 0.3) is 0 Å². The first-order chi connectivity index (χ1) is 8.16. The third-order valence-corrected chi connectivity index (χ3v) is 3.20. The highest BCUT2D eigenvalue weighted by molar-refractivity contribution is 5.81. The van der Waals surface area contributed by atoms with Gasteiger partial charge in [-0.15, -0.1) is 0 Å². The number of hydrogen-bond acceptors (Lipinski definition) is 4. The van der Waals surface area contributed by atoms with E-state index < -0.39 is 0 Å². The molecule has 1 unspecified atom stereocenters. The van der Waals surface area contributed by atoms with Gasteiger partial charge in [0.15, 0.2) is 0 Å². The molecule has 1 fully saturated rings. The first-order valence-corrected chi connectivity index (χ1v) is 5.96. The van der Waals surface area contributed by atoms with E-state index in [-0.39, 0.29) is 18.0 Å². The zero-order valence-corrected chi connectivity index (χ0v) is 10.1. The SMILES string of the molecule is CC(C(=O)NCc1ccco1)N1CC[C@@H](N)C1. The van der Waals surface area contributed by atoms with E-state index in [4.69, 9.17) is 10.2 Å². The molecule has 5 nitrogen and oxygen atoms in total. The summed E-state index contributed by atoms with van der Waals surface area (Å²) in [6.45, 7) is 4.05. The molecule has 17 heavy (non-hydrogen) atoms. The number of furan rings is 1. The Balaban J connectivity index is 1.79. The Kier molecular flexibility index (Phi) is 3.81. The molecular weight excluding hydrogens is 218 g/mol. The van der Waals surface area contributed by atoms with Crippen molar-refractivity contribution >= 4 is 5.91 Å². The zero-order chi connectivity index (χ0) is 12.3. The lowest BCUT2D eigenvalue weighted by molar-refractivity contribution is -0.125. The molecule has 0 saturated carbocycles. The molecule has 0 radical (unpaired) electrons. The molecule has 2 heterocycles. The molecule has 0 bridgehead atoms. The van der Waals surface area contributed by atoms with Gasteiger partial charge in [0.05, 0.1) is 18.8 Å². The van der Waals surface area contributed by atoms with E-state index in [1.165, 1.54) is 0 Å². The van der Waals surface area contributed by atoms with Gasteiger partial charge in [0.2, 0.25) is 5.91 Å². The molecule has 5 heteroatoms. The van der Waals surface area contributed by atoms with E-state index in [0.717, 1.165) is 25.3 Å². The van der Waals surface area contributed by atoms with E-state index in [1.807, 2.05) is 19.1 Å². The Morgan fingerprint density at radius 2 is 2.59 bits per heavy atom. The van der Waals surface area contributed by atoms with Crippen LogP contribution in [0.1, 0.15) is 19.1 Å². The minimum atomic E-state index is -0.126. The predicted molar refractivity (Wildman–Crippen MR) is 64.2 cm³/mol. The Morgan fingerprint density at radius 3 is 3.18 bits per heavy atom. The molecule has 1 amide bonds. The van der Waals surface area contributed by atoms with Crippen LogP contribution in [-0.4, -0.2) is 36.0 Å². The van der Waals surface area contributed by atoms with Gasteiger partial charge in [0.1, 0.15) is 5.76 Å². The van der Waals surface area contributed by atoms with Crippen molar-refractivity contribution in [3.8, 4) is 0 Å². The Morgan fingerprint density at radius 1 is 1.76 bits per heavy atom. The summed E-state index contributed by atoms with van der Waals surface area (Å²) < 4.78 is 5.16. The number of rotatable bonds is 4. The van der Waals surface area contributed by atoms with Crippen LogP contribution >= 0.6 is 0 Å². The fraction of sp³-hybridized carbons (Fsp3) is 0.583. The number of hydrogen-bond donors (Lipinski definition) is 2. The predicted octanol–water partition coefficient (Wildman–Crippen LogP) is 0.317. The van der Waals surface area contributed by atoms with E-state index in [1.54, 1.807) is 6.26 Å². The van der Waals surface area contributed by atoms with E-state index in [2.05, 4.69) is 10.2 Å². The molecule has 1 aromatic rings. The van der Waals surface area contributed by atoms with Gasteiger partial charge in [-0.05, 0) is 25.5 Å². The fourth-order valence-electron chi connectivity index (χ4n) is 2.07. The first-order valence-electron chi connectivity index (χ1n) is 5.96. The van der Waals surface area contributed by atoms with Crippen LogP contribution < -0.4 is 11.1 Å². The maximum atomic E-state index is 11.9. The summed E-state index contributed by atoms with van der Waals surface area (Å²) in [7, 11) is 0. The van der Waals surface area contributed by atoms with Crippen molar-refractivity contribution in [1.29, 1.82) is 0 Å². The summed E-state index contributed by atoms with van der Waals surface area (Å²) in [6.07, 6.45) is 2.57. The van der Waals surface area contributed by atoms with Crippen molar-refractivity contribution in [3.63, 3.8) is 0 Å². The lowest BCUT2D eigenvalue weighted by Crippen LogP contribution is -2.44. The summed E-state index contributed by atoms with van der Waals surface area (Å²) in [5.74, 6) is 0.791. The van der Waals surface area contributed by atoms with E-state index >= 15 is 0 Å². The Bertz CT molecular complexity index is 364. The molecule has 3 N–H and O–H groups in total. The van der Waals surface area contributed by atoms with Gasteiger partial charge in [-0.1, -0.05) is 0 Å². The van der Waals surface area contributed by atoms with Crippen molar-refractivity contribution in [3.05, 3.63) is 24.2 Å². The zero-order valence-electron chi connectivity index (χ0n) is 10.1. The van der Waals surface area contributed by atoms with Crippen LogP contribution in [0.2, 0.25) is 0 Å².